The molecule has 124 valence electrons. The molecule has 0 spiro atoms. The van der Waals surface area contributed by atoms with Crippen LogP contribution in [0, 0.1) is 12.8 Å². The van der Waals surface area contributed by atoms with Crippen LogP contribution in [0.2, 0.25) is 0 Å². The fourth-order valence-electron chi connectivity index (χ4n) is 3.04. The largest absolute Gasteiger partial charge is 0.397 e. The second-order valence-corrected chi connectivity index (χ2v) is 8.40. The summed E-state index contributed by atoms with van der Waals surface area (Å²) in [5.41, 5.74) is 9.15. The third kappa shape index (κ3) is 2.65. The van der Waals surface area contributed by atoms with E-state index in [0.717, 1.165) is 40.2 Å². The van der Waals surface area contributed by atoms with Crippen molar-refractivity contribution in [3.8, 4) is 0 Å². The minimum atomic E-state index is -0.252. The summed E-state index contributed by atoms with van der Waals surface area (Å²) >= 11 is 2.68. The van der Waals surface area contributed by atoms with E-state index in [0.29, 0.717) is 21.6 Å². The predicted molar refractivity (Wildman–Crippen MR) is 97.8 cm³/mol. The number of aromatic nitrogens is 3. The van der Waals surface area contributed by atoms with Crippen LogP contribution in [0.15, 0.2) is 6.07 Å². The summed E-state index contributed by atoms with van der Waals surface area (Å²) in [7, 11) is 0. The first-order valence-corrected chi connectivity index (χ1v) is 9.47. The average Bonchev–Trinajstić information content (AvgIpc) is 3.09. The number of fused-ring (bicyclic) bond motifs is 2. The lowest BCUT2D eigenvalue weighted by atomic mass is 9.87. The third-order valence-electron chi connectivity index (χ3n) is 4.28. The SMILES string of the molecule is Cc1nnc(NC(=O)c2sc3nc4c(cc3c2N)CC(C)CC4)s1. The molecule has 4 rings (SSSR count). The Labute approximate surface area is 147 Å². The summed E-state index contributed by atoms with van der Waals surface area (Å²) in [4.78, 5) is 18.6. The smallest absolute Gasteiger partial charge is 0.269 e. The molecule has 1 aliphatic rings. The fraction of sp³-hybridized carbons (Fsp3) is 0.375. The first-order chi connectivity index (χ1) is 11.5. The maximum Gasteiger partial charge on any atom is 0.269 e. The molecule has 0 fully saturated rings. The van der Waals surface area contributed by atoms with E-state index in [1.165, 1.54) is 28.2 Å². The Morgan fingerprint density at radius 1 is 1.38 bits per heavy atom. The number of carbonyl (C=O) groups is 1. The summed E-state index contributed by atoms with van der Waals surface area (Å²) < 4.78 is 0. The number of nitrogens with zero attached hydrogens (tertiary/aromatic N) is 3. The zero-order valence-corrected chi connectivity index (χ0v) is 15.1. The molecule has 3 N–H and O–H groups in total. The van der Waals surface area contributed by atoms with Crippen LogP contribution in [-0.2, 0) is 12.8 Å². The van der Waals surface area contributed by atoms with Gasteiger partial charge in [0, 0.05) is 11.1 Å². The molecule has 1 amide bonds. The number of nitrogen functional groups attached to an aromatic ring is 1. The van der Waals surface area contributed by atoms with Crippen LogP contribution >= 0.6 is 22.7 Å². The number of anilines is 2. The summed E-state index contributed by atoms with van der Waals surface area (Å²) in [6.07, 6.45) is 3.19. The lowest BCUT2D eigenvalue weighted by Crippen LogP contribution is -2.12. The van der Waals surface area contributed by atoms with E-state index in [2.05, 4.69) is 28.5 Å². The monoisotopic (exact) mass is 359 g/mol. The summed E-state index contributed by atoms with van der Waals surface area (Å²) in [5.74, 6) is 0.415. The number of pyridine rings is 1. The molecule has 1 aliphatic carbocycles. The zero-order chi connectivity index (χ0) is 16.8. The van der Waals surface area contributed by atoms with Crippen molar-refractivity contribution in [3.05, 3.63) is 27.2 Å². The van der Waals surface area contributed by atoms with E-state index < -0.39 is 0 Å². The standard InChI is InChI=1S/C16H17N5OS2/c1-7-3-4-11-9(5-7)6-10-12(17)13(24-15(10)18-11)14(22)19-16-21-20-8(2)23-16/h6-7H,3-5,17H2,1-2H3,(H,19,21,22). The Morgan fingerprint density at radius 3 is 2.96 bits per heavy atom. The number of amides is 1. The van der Waals surface area contributed by atoms with Gasteiger partial charge in [-0.15, -0.1) is 21.5 Å². The summed E-state index contributed by atoms with van der Waals surface area (Å²) in [5, 5.41) is 12.8. The number of hydrogen-bond donors (Lipinski definition) is 2. The van der Waals surface area contributed by atoms with Crippen LogP contribution in [0.1, 0.15) is 39.3 Å². The average molecular weight is 359 g/mol. The van der Waals surface area contributed by atoms with E-state index >= 15 is 0 Å². The summed E-state index contributed by atoms with van der Waals surface area (Å²) in [6, 6.07) is 2.12. The number of rotatable bonds is 2. The van der Waals surface area contributed by atoms with Crippen molar-refractivity contribution in [1.29, 1.82) is 0 Å². The Bertz CT molecular complexity index is 945. The molecule has 0 saturated carbocycles. The van der Waals surface area contributed by atoms with Gasteiger partial charge in [-0.2, -0.15) is 0 Å². The molecule has 3 heterocycles. The van der Waals surface area contributed by atoms with Crippen LogP contribution in [-0.4, -0.2) is 21.1 Å². The number of thiophene rings is 1. The van der Waals surface area contributed by atoms with Gasteiger partial charge in [0.25, 0.3) is 5.91 Å². The van der Waals surface area contributed by atoms with Crippen molar-refractivity contribution < 1.29 is 4.79 Å². The van der Waals surface area contributed by atoms with Crippen molar-refractivity contribution in [1.82, 2.24) is 15.2 Å². The fourth-order valence-corrected chi connectivity index (χ4v) is 4.62. The summed E-state index contributed by atoms with van der Waals surface area (Å²) in [6.45, 7) is 4.10. The van der Waals surface area contributed by atoms with Crippen LogP contribution in [0.25, 0.3) is 10.2 Å². The second kappa shape index (κ2) is 5.78. The van der Waals surface area contributed by atoms with Crippen molar-refractivity contribution in [2.24, 2.45) is 5.92 Å². The van der Waals surface area contributed by atoms with Crippen LogP contribution < -0.4 is 11.1 Å². The van der Waals surface area contributed by atoms with E-state index in [9.17, 15) is 4.79 Å². The predicted octanol–water partition coefficient (Wildman–Crippen LogP) is 3.42. The molecule has 0 aliphatic heterocycles. The van der Waals surface area contributed by atoms with E-state index in [4.69, 9.17) is 10.7 Å². The first-order valence-electron chi connectivity index (χ1n) is 7.83. The number of carbonyl (C=O) groups excluding carboxylic acids is 1. The van der Waals surface area contributed by atoms with Crippen molar-refractivity contribution in [2.45, 2.75) is 33.1 Å². The molecule has 1 unspecified atom stereocenters. The second-order valence-electron chi connectivity index (χ2n) is 6.22. The Kier molecular flexibility index (Phi) is 3.73. The van der Waals surface area contributed by atoms with Gasteiger partial charge in [-0.25, -0.2) is 4.98 Å². The van der Waals surface area contributed by atoms with Crippen molar-refractivity contribution >= 4 is 49.6 Å². The normalized spacial score (nSPS) is 17.0. The first kappa shape index (κ1) is 15.5. The molecule has 8 heteroatoms. The molecule has 0 radical (unpaired) electrons. The van der Waals surface area contributed by atoms with Crippen molar-refractivity contribution in [2.75, 3.05) is 11.1 Å². The topological polar surface area (TPSA) is 93.8 Å². The third-order valence-corrected chi connectivity index (χ3v) is 6.15. The van der Waals surface area contributed by atoms with Crippen LogP contribution in [0.5, 0.6) is 0 Å². The highest BCUT2D eigenvalue weighted by atomic mass is 32.1. The van der Waals surface area contributed by atoms with Gasteiger partial charge < -0.3 is 5.73 Å². The molecule has 6 nitrogen and oxygen atoms in total. The highest BCUT2D eigenvalue weighted by molar-refractivity contribution is 7.21. The lowest BCUT2D eigenvalue weighted by Gasteiger charge is -2.20. The Hall–Kier alpha value is -2.06. The molecule has 0 aromatic carbocycles. The minimum absolute atomic E-state index is 0.252. The molecular formula is C16H17N5OS2. The Morgan fingerprint density at radius 2 is 2.21 bits per heavy atom. The number of hydrogen-bond acceptors (Lipinski definition) is 7. The van der Waals surface area contributed by atoms with Gasteiger partial charge in [-0.05, 0) is 43.7 Å². The molecular weight excluding hydrogens is 342 g/mol. The van der Waals surface area contributed by atoms with E-state index in [1.807, 2.05) is 6.92 Å². The van der Waals surface area contributed by atoms with Crippen LogP contribution in [0.3, 0.4) is 0 Å². The molecule has 3 aromatic heterocycles. The number of nitrogens with one attached hydrogen (secondary N) is 1. The maximum absolute atomic E-state index is 12.5. The van der Waals surface area contributed by atoms with Gasteiger partial charge in [-0.1, -0.05) is 18.3 Å². The maximum atomic E-state index is 12.5. The van der Waals surface area contributed by atoms with E-state index in [-0.39, 0.29) is 5.91 Å². The molecule has 24 heavy (non-hydrogen) atoms. The van der Waals surface area contributed by atoms with Gasteiger partial charge in [0.15, 0.2) is 0 Å². The molecule has 0 bridgehead atoms. The minimum Gasteiger partial charge on any atom is -0.397 e. The quantitative estimate of drug-likeness (QED) is 0.731. The van der Waals surface area contributed by atoms with Gasteiger partial charge in [0.2, 0.25) is 5.13 Å². The van der Waals surface area contributed by atoms with Gasteiger partial charge in [0.05, 0.1) is 5.69 Å². The van der Waals surface area contributed by atoms with Crippen LogP contribution in [0.4, 0.5) is 10.8 Å². The van der Waals surface area contributed by atoms with Gasteiger partial charge >= 0.3 is 0 Å². The highest BCUT2D eigenvalue weighted by Crippen LogP contribution is 2.36. The number of nitrogens with two attached hydrogens (primary N) is 1. The molecule has 0 saturated heterocycles. The zero-order valence-electron chi connectivity index (χ0n) is 13.4. The highest BCUT2D eigenvalue weighted by Gasteiger charge is 2.22. The Balaban J connectivity index is 1.71. The van der Waals surface area contributed by atoms with Gasteiger partial charge in [0.1, 0.15) is 14.7 Å². The van der Waals surface area contributed by atoms with Gasteiger partial charge in [-0.3, -0.25) is 10.1 Å². The molecule has 1 atom stereocenters. The molecule has 3 aromatic rings. The van der Waals surface area contributed by atoms with Crippen molar-refractivity contribution in [3.63, 3.8) is 0 Å². The number of aryl methyl sites for hydroxylation is 2. The van der Waals surface area contributed by atoms with E-state index in [1.54, 1.807) is 0 Å². The lowest BCUT2D eigenvalue weighted by molar-refractivity contribution is 0.103.